The lowest BCUT2D eigenvalue weighted by molar-refractivity contribution is 0.209. The average Bonchev–Trinajstić information content (AvgIpc) is 2.63. The van der Waals surface area contributed by atoms with Crippen molar-refractivity contribution in [3.8, 4) is 0 Å². The van der Waals surface area contributed by atoms with Gasteiger partial charge >= 0.3 is 6.09 Å². The molecule has 28 heavy (non-hydrogen) atoms. The number of halogens is 3. The van der Waals surface area contributed by atoms with Gasteiger partial charge in [0.05, 0.1) is 17.6 Å². The molecule has 0 saturated heterocycles. The van der Waals surface area contributed by atoms with E-state index in [1.165, 1.54) is 30.6 Å². The quantitative estimate of drug-likeness (QED) is 0.548. The maximum Gasteiger partial charge on any atom is 0.410 e. The third-order valence-electron chi connectivity index (χ3n) is 4.10. The largest absolute Gasteiger partial charge is 0.465 e. The van der Waals surface area contributed by atoms with Gasteiger partial charge in [-0.15, -0.1) is 0 Å². The molecule has 0 spiro atoms. The van der Waals surface area contributed by atoms with Gasteiger partial charge in [0.25, 0.3) is 0 Å². The number of carbonyl (C=O) groups is 1. The molecule has 0 saturated carbocycles. The highest BCUT2D eigenvalue weighted by molar-refractivity contribution is 6.30. The van der Waals surface area contributed by atoms with Crippen molar-refractivity contribution in [1.82, 2.24) is 9.97 Å². The van der Waals surface area contributed by atoms with Gasteiger partial charge in [0, 0.05) is 23.8 Å². The summed E-state index contributed by atoms with van der Waals surface area (Å²) in [6.45, 7) is 1.79. The van der Waals surface area contributed by atoms with E-state index in [-0.39, 0.29) is 28.5 Å². The number of carboxylic acid groups (broad SMARTS) is 1. The molecule has 0 atom stereocenters. The third kappa shape index (κ3) is 4.34. The van der Waals surface area contributed by atoms with E-state index in [1.807, 2.05) is 5.32 Å². The highest BCUT2D eigenvalue weighted by Gasteiger charge is 2.14. The Morgan fingerprint density at radius 2 is 1.96 bits per heavy atom. The summed E-state index contributed by atoms with van der Waals surface area (Å²) in [5.74, 6) is -1.64. The number of nitrogens with zero attached hydrogens (tertiary/aromatic N) is 2. The number of pyridine rings is 2. The summed E-state index contributed by atoms with van der Waals surface area (Å²) in [5, 5.41) is 13.9. The SMILES string of the molecule is Cc1c(Cc2ccnc(NC(=O)O)c2F)cncc1Nc1ccc(Cl)cc1F. The van der Waals surface area contributed by atoms with Gasteiger partial charge in [-0.3, -0.25) is 10.3 Å². The summed E-state index contributed by atoms with van der Waals surface area (Å²) >= 11 is 5.76. The average molecular weight is 405 g/mol. The maximum atomic E-state index is 14.5. The first-order valence-corrected chi connectivity index (χ1v) is 8.52. The zero-order valence-electron chi connectivity index (χ0n) is 14.6. The van der Waals surface area contributed by atoms with Gasteiger partial charge in [-0.05, 0) is 47.9 Å². The molecule has 0 radical (unpaired) electrons. The second kappa shape index (κ2) is 8.18. The van der Waals surface area contributed by atoms with Crippen molar-refractivity contribution in [2.24, 2.45) is 0 Å². The van der Waals surface area contributed by atoms with E-state index >= 15 is 0 Å². The zero-order chi connectivity index (χ0) is 20.3. The van der Waals surface area contributed by atoms with Crippen LogP contribution in [0.2, 0.25) is 5.02 Å². The Balaban J connectivity index is 1.89. The van der Waals surface area contributed by atoms with Crippen LogP contribution in [0.1, 0.15) is 16.7 Å². The topological polar surface area (TPSA) is 87.1 Å². The normalized spacial score (nSPS) is 10.6. The minimum atomic E-state index is -1.41. The number of benzene rings is 1. The lowest BCUT2D eigenvalue weighted by Crippen LogP contribution is -2.12. The van der Waals surface area contributed by atoms with Crippen molar-refractivity contribution >= 4 is 34.9 Å². The fraction of sp³-hybridized carbons (Fsp3) is 0.105. The minimum Gasteiger partial charge on any atom is -0.465 e. The van der Waals surface area contributed by atoms with Crippen LogP contribution < -0.4 is 10.6 Å². The monoisotopic (exact) mass is 404 g/mol. The molecule has 2 heterocycles. The molecule has 0 fully saturated rings. The second-order valence-corrected chi connectivity index (χ2v) is 6.40. The summed E-state index contributed by atoms with van der Waals surface area (Å²) in [6, 6.07) is 5.72. The van der Waals surface area contributed by atoms with Gasteiger partial charge in [-0.25, -0.2) is 18.6 Å². The summed E-state index contributed by atoms with van der Waals surface area (Å²) in [6.07, 6.45) is 3.17. The molecule has 3 N–H and O–H groups in total. The van der Waals surface area contributed by atoms with Crippen LogP contribution in [-0.4, -0.2) is 21.2 Å². The van der Waals surface area contributed by atoms with Crippen LogP contribution in [0.25, 0.3) is 0 Å². The van der Waals surface area contributed by atoms with E-state index in [0.717, 1.165) is 5.56 Å². The molecule has 3 aromatic rings. The Bertz CT molecular complexity index is 1050. The first kappa shape index (κ1) is 19.5. The van der Waals surface area contributed by atoms with E-state index in [4.69, 9.17) is 16.7 Å². The van der Waals surface area contributed by atoms with Crippen LogP contribution in [0.5, 0.6) is 0 Å². The van der Waals surface area contributed by atoms with Gasteiger partial charge in [-0.2, -0.15) is 0 Å². The lowest BCUT2D eigenvalue weighted by Gasteiger charge is -2.14. The summed E-state index contributed by atoms with van der Waals surface area (Å²) in [5.41, 5.74) is 2.46. The molecule has 1 aromatic carbocycles. The van der Waals surface area contributed by atoms with Gasteiger partial charge < -0.3 is 10.4 Å². The molecule has 0 aliphatic rings. The Hall–Kier alpha value is -3.26. The summed E-state index contributed by atoms with van der Waals surface area (Å²) < 4.78 is 28.5. The molecule has 1 amide bonds. The summed E-state index contributed by atoms with van der Waals surface area (Å²) in [4.78, 5) is 18.5. The predicted octanol–water partition coefficient (Wildman–Crippen LogP) is 5.14. The zero-order valence-corrected chi connectivity index (χ0v) is 15.4. The predicted molar refractivity (Wildman–Crippen MR) is 102 cm³/mol. The van der Waals surface area contributed by atoms with Crippen LogP contribution in [0.15, 0.2) is 42.9 Å². The van der Waals surface area contributed by atoms with Crippen molar-refractivity contribution in [3.63, 3.8) is 0 Å². The molecular weight excluding hydrogens is 390 g/mol. The standard InChI is InChI=1S/C19H15ClF2N4O2/c1-10-12(6-11-4-5-24-18(17(11)22)26-19(27)28)8-23-9-16(10)25-15-3-2-13(20)7-14(15)21/h2-5,7-9,25H,6H2,1H3,(H,24,26)(H,27,28). The minimum absolute atomic E-state index is 0.153. The molecule has 9 heteroatoms. The highest BCUT2D eigenvalue weighted by Crippen LogP contribution is 2.27. The van der Waals surface area contributed by atoms with E-state index in [1.54, 1.807) is 19.2 Å². The molecular formula is C19H15ClF2N4O2. The number of amides is 1. The molecule has 2 aromatic heterocycles. The van der Waals surface area contributed by atoms with Crippen LogP contribution in [0, 0.1) is 18.6 Å². The molecule has 6 nitrogen and oxygen atoms in total. The number of hydrogen-bond donors (Lipinski definition) is 3. The van der Waals surface area contributed by atoms with Crippen LogP contribution in [0.4, 0.5) is 30.8 Å². The van der Waals surface area contributed by atoms with Crippen LogP contribution >= 0.6 is 11.6 Å². The molecule has 144 valence electrons. The van der Waals surface area contributed by atoms with Gasteiger partial charge in [-0.1, -0.05) is 11.6 Å². The molecule has 0 bridgehead atoms. The number of aromatic nitrogens is 2. The van der Waals surface area contributed by atoms with E-state index in [9.17, 15) is 13.6 Å². The fourth-order valence-corrected chi connectivity index (χ4v) is 2.78. The second-order valence-electron chi connectivity index (χ2n) is 5.96. The van der Waals surface area contributed by atoms with Gasteiger partial charge in [0.15, 0.2) is 11.6 Å². The summed E-state index contributed by atoms with van der Waals surface area (Å²) in [7, 11) is 0. The van der Waals surface area contributed by atoms with E-state index < -0.39 is 17.7 Å². The third-order valence-corrected chi connectivity index (χ3v) is 4.33. The van der Waals surface area contributed by atoms with Gasteiger partial charge in [0.2, 0.25) is 0 Å². The fourth-order valence-electron chi connectivity index (χ4n) is 2.62. The number of anilines is 3. The molecule has 0 unspecified atom stereocenters. The number of hydrogen-bond acceptors (Lipinski definition) is 4. The van der Waals surface area contributed by atoms with Crippen molar-refractivity contribution in [2.75, 3.05) is 10.6 Å². The van der Waals surface area contributed by atoms with Gasteiger partial charge in [0.1, 0.15) is 5.82 Å². The maximum absolute atomic E-state index is 14.5. The van der Waals surface area contributed by atoms with Crippen molar-refractivity contribution in [2.45, 2.75) is 13.3 Å². The number of rotatable bonds is 5. The van der Waals surface area contributed by atoms with E-state index in [0.29, 0.717) is 11.3 Å². The molecule has 0 aliphatic carbocycles. The molecule has 0 aliphatic heterocycles. The van der Waals surface area contributed by atoms with E-state index in [2.05, 4.69) is 15.3 Å². The Labute approximate surface area is 164 Å². The number of nitrogens with one attached hydrogen (secondary N) is 2. The highest BCUT2D eigenvalue weighted by atomic mass is 35.5. The lowest BCUT2D eigenvalue weighted by atomic mass is 10.0. The van der Waals surface area contributed by atoms with Crippen molar-refractivity contribution in [3.05, 3.63) is 76.2 Å². The first-order valence-electron chi connectivity index (χ1n) is 8.14. The van der Waals surface area contributed by atoms with Crippen molar-refractivity contribution < 1.29 is 18.7 Å². The Kier molecular flexibility index (Phi) is 5.70. The van der Waals surface area contributed by atoms with Crippen molar-refractivity contribution in [1.29, 1.82) is 0 Å². The van der Waals surface area contributed by atoms with Crippen LogP contribution in [0.3, 0.4) is 0 Å². The van der Waals surface area contributed by atoms with Crippen LogP contribution in [-0.2, 0) is 6.42 Å². The molecule has 3 rings (SSSR count). The first-order chi connectivity index (χ1) is 13.3. The Morgan fingerprint density at radius 1 is 1.18 bits per heavy atom. The Morgan fingerprint density at radius 3 is 2.68 bits per heavy atom. The smallest absolute Gasteiger partial charge is 0.410 e.